The van der Waals surface area contributed by atoms with Crippen LogP contribution in [0.5, 0.6) is 0 Å². The number of nitrogens with zero attached hydrogens (tertiary/aromatic N) is 3. The molecule has 4 heteroatoms. The highest BCUT2D eigenvalue weighted by Crippen LogP contribution is 2.63. The number of fused-ring (bicyclic) bond motifs is 7. The van der Waals surface area contributed by atoms with Crippen LogP contribution in [0.2, 0.25) is 0 Å². The standard InChI is InChI=1S/C62H58BN3/c1-41-20-14-16-26-53(41)65(54-27-17-15-21-42(54)2)49-39-56-58-57(40-49)66-59-50(61(6)34-18-19-35-62(61,66)7)37-47(60(3,4)5)38-52(59)63(58)51-36-46(44-24-12-9-13-25-44)30-33-55(51)64(56)48-31-28-45(29-32-48)43-22-10-8-11-23-43/h8-17,20-33,36-40H,18-19,34-35H2,1-7H3. The summed E-state index contributed by atoms with van der Waals surface area (Å²) in [5.74, 6) is 0. The van der Waals surface area contributed by atoms with Gasteiger partial charge in [0, 0.05) is 45.2 Å². The number of hydrogen-bond donors (Lipinski definition) is 0. The number of para-hydroxylation sites is 2. The first-order chi connectivity index (χ1) is 31.9. The van der Waals surface area contributed by atoms with Crippen molar-refractivity contribution in [3.63, 3.8) is 0 Å². The quantitative estimate of drug-likeness (QED) is 0.154. The smallest absolute Gasteiger partial charge is 0.252 e. The molecule has 0 N–H and O–H groups in total. The van der Waals surface area contributed by atoms with E-state index in [4.69, 9.17) is 0 Å². The van der Waals surface area contributed by atoms with E-state index >= 15 is 0 Å². The SMILES string of the molecule is Cc1ccccc1N(c1cc2c3c(c1)N1c4c(cc(C(C)(C)C)cc4C4(C)CCCCC14C)B3c1cc(-c3ccccc3)ccc1N2c1ccc(-c2ccccc2)cc1)c1ccccc1C. The highest BCUT2D eigenvalue weighted by molar-refractivity contribution is 7.00. The zero-order valence-corrected chi connectivity index (χ0v) is 39.5. The largest absolute Gasteiger partial charge is 0.335 e. The molecular weight excluding hydrogens is 798 g/mol. The molecule has 8 aromatic rings. The average molecular weight is 856 g/mol. The summed E-state index contributed by atoms with van der Waals surface area (Å²) in [6.07, 6.45) is 4.80. The van der Waals surface area contributed by atoms with Crippen LogP contribution in [-0.2, 0) is 10.8 Å². The molecule has 4 aliphatic rings. The van der Waals surface area contributed by atoms with Gasteiger partial charge in [0.15, 0.2) is 0 Å². The molecule has 0 spiro atoms. The Kier molecular flexibility index (Phi) is 9.17. The molecular formula is C62H58BN3. The van der Waals surface area contributed by atoms with Crippen LogP contribution in [0, 0.1) is 13.8 Å². The second-order valence-electron chi connectivity index (χ2n) is 21.0. The molecule has 1 fully saturated rings. The van der Waals surface area contributed by atoms with Crippen molar-refractivity contribution >= 4 is 68.6 Å². The molecule has 2 unspecified atom stereocenters. The highest BCUT2D eigenvalue weighted by Gasteiger charge is 2.61. The highest BCUT2D eigenvalue weighted by atomic mass is 15.3. The zero-order valence-electron chi connectivity index (χ0n) is 39.5. The maximum Gasteiger partial charge on any atom is 0.252 e. The third kappa shape index (κ3) is 5.96. The summed E-state index contributed by atoms with van der Waals surface area (Å²) in [4.78, 5) is 8.03. The van der Waals surface area contributed by atoms with E-state index in [0.29, 0.717) is 0 Å². The normalized spacial score (nSPS) is 18.9. The van der Waals surface area contributed by atoms with Crippen LogP contribution in [0.4, 0.5) is 45.5 Å². The van der Waals surface area contributed by atoms with E-state index < -0.39 is 0 Å². The Balaban J connectivity index is 1.22. The molecule has 8 aromatic carbocycles. The minimum atomic E-state index is -0.124. The molecule has 0 radical (unpaired) electrons. The Morgan fingerprint density at radius 3 is 1.73 bits per heavy atom. The van der Waals surface area contributed by atoms with Gasteiger partial charge >= 0.3 is 0 Å². The number of hydrogen-bond acceptors (Lipinski definition) is 3. The average Bonchev–Trinajstić information content (AvgIpc) is 3.55. The van der Waals surface area contributed by atoms with Gasteiger partial charge in [-0.05, 0) is 142 Å². The van der Waals surface area contributed by atoms with Crippen LogP contribution >= 0.6 is 0 Å². The monoisotopic (exact) mass is 855 g/mol. The molecule has 0 bridgehead atoms. The van der Waals surface area contributed by atoms with Crippen LogP contribution in [-0.4, -0.2) is 12.3 Å². The maximum atomic E-state index is 2.89. The summed E-state index contributed by atoms with van der Waals surface area (Å²) in [7, 11) is 0. The fourth-order valence-corrected chi connectivity index (χ4v) is 12.4. The van der Waals surface area contributed by atoms with Gasteiger partial charge in [0.05, 0.1) is 11.2 Å². The molecule has 0 saturated heterocycles. The van der Waals surface area contributed by atoms with Crippen LogP contribution in [0.3, 0.4) is 0 Å². The molecule has 2 atom stereocenters. The van der Waals surface area contributed by atoms with Crippen molar-refractivity contribution in [1.29, 1.82) is 0 Å². The van der Waals surface area contributed by atoms with Crippen molar-refractivity contribution in [2.75, 3.05) is 14.7 Å². The minimum Gasteiger partial charge on any atom is -0.335 e. The van der Waals surface area contributed by atoms with Crippen molar-refractivity contribution < 1.29 is 0 Å². The van der Waals surface area contributed by atoms with Gasteiger partial charge in [0.2, 0.25) is 0 Å². The third-order valence-electron chi connectivity index (χ3n) is 16.2. The van der Waals surface area contributed by atoms with Crippen molar-refractivity contribution in [2.45, 2.75) is 90.5 Å². The van der Waals surface area contributed by atoms with E-state index in [1.165, 1.54) is 114 Å². The lowest BCUT2D eigenvalue weighted by Gasteiger charge is -2.53. The van der Waals surface area contributed by atoms with E-state index in [-0.39, 0.29) is 23.1 Å². The summed E-state index contributed by atoms with van der Waals surface area (Å²) in [5, 5.41) is 0. The first-order valence-corrected chi connectivity index (χ1v) is 24.2. The molecule has 66 heavy (non-hydrogen) atoms. The van der Waals surface area contributed by atoms with E-state index in [1.54, 1.807) is 5.56 Å². The maximum absolute atomic E-state index is 2.89. The summed E-state index contributed by atoms with van der Waals surface area (Å²) < 4.78 is 0. The van der Waals surface area contributed by atoms with Crippen molar-refractivity contribution in [2.24, 2.45) is 0 Å². The van der Waals surface area contributed by atoms with Gasteiger partial charge in [-0.15, -0.1) is 0 Å². The third-order valence-corrected chi connectivity index (χ3v) is 16.2. The molecule has 1 aliphatic carbocycles. The van der Waals surface area contributed by atoms with Crippen molar-refractivity contribution in [3.8, 4) is 22.3 Å². The Labute approximate surface area is 392 Å². The van der Waals surface area contributed by atoms with Crippen molar-refractivity contribution in [1.82, 2.24) is 0 Å². The lowest BCUT2D eigenvalue weighted by molar-refractivity contribution is 0.195. The van der Waals surface area contributed by atoms with E-state index in [2.05, 4.69) is 239 Å². The number of anilines is 8. The van der Waals surface area contributed by atoms with Gasteiger partial charge in [-0.1, -0.05) is 174 Å². The zero-order chi connectivity index (χ0) is 45.1. The molecule has 3 heterocycles. The first kappa shape index (κ1) is 40.7. The summed E-state index contributed by atoms with van der Waals surface area (Å²) in [6, 6.07) is 66.6. The first-order valence-electron chi connectivity index (χ1n) is 24.2. The number of aryl methyl sites for hydroxylation is 2. The van der Waals surface area contributed by atoms with E-state index in [1.807, 2.05) is 0 Å². The Hall–Kier alpha value is -6.78. The second-order valence-corrected chi connectivity index (χ2v) is 21.0. The minimum absolute atomic E-state index is 0.0209. The van der Waals surface area contributed by atoms with Crippen molar-refractivity contribution in [3.05, 3.63) is 198 Å². The van der Waals surface area contributed by atoms with Gasteiger partial charge in [0.25, 0.3) is 6.71 Å². The molecule has 0 amide bonds. The lowest BCUT2D eigenvalue weighted by Crippen LogP contribution is -2.64. The van der Waals surface area contributed by atoms with Gasteiger partial charge < -0.3 is 14.7 Å². The summed E-state index contributed by atoms with van der Waals surface area (Å²) in [5.41, 5.74) is 24.4. The molecule has 0 aromatic heterocycles. The summed E-state index contributed by atoms with van der Waals surface area (Å²) >= 11 is 0. The number of rotatable bonds is 6. The Morgan fingerprint density at radius 2 is 1.09 bits per heavy atom. The fourth-order valence-electron chi connectivity index (χ4n) is 12.4. The molecule has 1 saturated carbocycles. The second kappa shape index (κ2) is 14.9. The summed E-state index contributed by atoms with van der Waals surface area (Å²) in [6.45, 7) is 17.0. The van der Waals surface area contributed by atoms with Crippen LogP contribution < -0.4 is 31.1 Å². The molecule has 12 rings (SSSR count). The van der Waals surface area contributed by atoms with Gasteiger partial charge in [-0.3, -0.25) is 0 Å². The van der Waals surface area contributed by atoms with Gasteiger partial charge in [-0.25, -0.2) is 0 Å². The number of benzene rings is 8. The van der Waals surface area contributed by atoms with Crippen LogP contribution in [0.15, 0.2) is 176 Å². The van der Waals surface area contributed by atoms with Gasteiger partial charge in [0.1, 0.15) is 0 Å². The predicted octanol–water partition coefficient (Wildman–Crippen LogP) is 14.8. The Bertz CT molecular complexity index is 3160. The molecule has 324 valence electrons. The topological polar surface area (TPSA) is 9.72 Å². The van der Waals surface area contributed by atoms with Crippen LogP contribution in [0.1, 0.15) is 82.6 Å². The Morgan fingerprint density at radius 1 is 0.530 bits per heavy atom. The van der Waals surface area contributed by atoms with Gasteiger partial charge in [-0.2, -0.15) is 0 Å². The lowest BCUT2D eigenvalue weighted by atomic mass is 9.33. The van der Waals surface area contributed by atoms with Crippen LogP contribution in [0.25, 0.3) is 22.3 Å². The van der Waals surface area contributed by atoms with E-state index in [0.717, 1.165) is 12.1 Å². The van der Waals surface area contributed by atoms with E-state index in [9.17, 15) is 0 Å². The predicted molar refractivity (Wildman–Crippen MR) is 282 cm³/mol. The molecule has 3 nitrogen and oxygen atoms in total. The fraction of sp³-hybridized carbons (Fsp3) is 0.226. The molecule has 3 aliphatic heterocycles.